The van der Waals surface area contributed by atoms with E-state index >= 15 is 0 Å². The number of ketones is 1. The minimum atomic E-state index is -0.261. The van der Waals surface area contributed by atoms with E-state index in [0.29, 0.717) is 23.7 Å². The lowest BCUT2D eigenvalue weighted by Crippen LogP contribution is -2.25. The highest BCUT2D eigenvalue weighted by Gasteiger charge is 2.14. The first-order valence-corrected chi connectivity index (χ1v) is 8.60. The molecule has 6 heteroatoms. The molecule has 6 nitrogen and oxygen atoms in total. The molecule has 27 heavy (non-hydrogen) atoms. The fourth-order valence-electron chi connectivity index (χ4n) is 2.66. The van der Waals surface area contributed by atoms with Crippen molar-refractivity contribution in [3.8, 4) is 5.88 Å². The molecule has 0 aliphatic heterocycles. The van der Waals surface area contributed by atoms with Gasteiger partial charge < -0.3 is 14.6 Å². The Morgan fingerprint density at radius 2 is 1.93 bits per heavy atom. The number of aromatic nitrogens is 2. The molecule has 2 aromatic heterocycles. The fourth-order valence-corrected chi connectivity index (χ4v) is 2.66. The first-order chi connectivity index (χ1) is 13.0. The molecule has 1 N–H and O–H groups in total. The molecule has 0 unspecified atom stereocenters. The van der Waals surface area contributed by atoms with Crippen molar-refractivity contribution in [2.45, 2.75) is 20.1 Å². The van der Waals surface area contributed by atoms with Gasteiger partial charge in [0.2, 0.25) is 5.88 Å². The van der Waals surface area contributed by atoms with Gasteiger partial charge in [-0.05, 0) is 24.6 Å². The van der Waals surface area contributed by atoms with Gasteiger partial charge in [-0.25, -0.2) is 4.98 Å². The zero-order valence-electron chi connectivity index (χ0n) is 15.3. The molecular weight excluding hydrogens is 342 g/mol. The summed E-state index contributed by atoms with van der Waals surface area (Å²) in [7, 11) is 1.74. The molecule has 0 saturated heterocycles. The van der Waals surface area contributed by atoms with Crippen molar-refractivity contribution in [2.24, 2.45) is 7.05 Å². The summed E-state index contributed by atoms with van der Waals surface area (Å²) in [6.45, 7) is 2.15. The third-order valence-electron chi connectivity index (χ3n) is 4.15. The topological polar surface area (TPSA) is 73.2 Å². The molecule has 0 saturated carbocycles. The molecule has 0 bridgehead atoms. The Balaban J connectivity index is 1.66. The van der Waals surface area contributed by atoms with Gasteiger partial charge in [0, 0.05) is 37.1 Å². The van der Waals surface area contributed by atoms with Crippen LogP contribution in [0.2, 0.25) is 0 Å². The second kappa shape index (κ2) is 8.31. The lowest BCUT2D eigenvalue weighted by atomic mass is 10.2. The van der Waals surface area contributed by atoms with Crippen LogP contribution in [0.3, 0.4) is 0 Å². The summed E-state index contributed by atoms with van der Waals surface area (Å²) < 4.78 is 7.45. The minimum Gasteiger partial charge on any atom is -0.473 e. The minimum absolute atomic E-state index is 0.0755. The number of hydrogen-bond donors (Lipinski definition) is 1. The number of carbonyl (C=O) groups is 2. The number of nitrogens with one attached hydrogen (secondary N) is 1. The van der Waals surface area contributed by atoms with Gasteiger partial charge in [-0.2, -0.15) is 0 Å². The van der Waals surface area contributed by atoms with Crippen LogP contribution >= 0.6 is 0 Å². The standard InChI is InChI=1S/C21H21N3O3/c1-15(25)18-11-19(24(2)13-18)20(26)23-12-17-9-6-10-22-21(17)27-14-16-7-4-3-5-8-16/h3-11,13H,12,14H2,1-2H3,(H,23,26). The quantitative estimate of drug-likeness (QED) is 0.655. The van der Waals surface area contributed by atoms with Crippen LogP contribution in [0.1, 0.15) is 38.9 Å². The third kappa shape index (κ3) is 4.61. The lowest BCUT2D eigenvalue weighted by molar-refractivity contribution is 0.0942. The molecule has 0 spiro atoms. The molecule has 0 fully saturated rings. The van der Waals surface area contributed by atoms with Gasteiger partial charge in [-0.15, -0.1) is 0 Å². The van der Waals surface area contributed by atoms with Crippen LogP contribution < -0.4 is 10.1 Å². The Bertz CT molecular complexity index is 948. The maximum Gasteiger partial charge on any atom is 0.268 e. The van der Waals surface area contributed by atoms with Gasteiger partial charge in [-0.3, -0.25) is 9.59 Å². The van der Waals surface area contributed by atoms with Crippen molar-refractivity contribution >= 4 is 11.7 Å². The highest BCUT2D eigenvalue weighted by Crippen LogP contribution is 2.16. The summed E-state index contributed by atoms with van der Waals surface area (Å²) in [6.07, 6.45) is 3.30. The molecule has 2 heterocycles. The zero-order chi connectivity index (χ0) is 19.2. The maximum absolute atomic E-state index is 12.5. The Morgan fingerprint density at radius 3 is 2.63 bits per heavy atom. The number of ether oxygens (including phenoxy) is 1. The first-order valence-electron chi connectivity index (χ1n) is 8.60. The third-order valence-corrected chi connectivity index (χ3v) is 4.15. The molecule has 0 aliphatic carbocycles. The van der Waals surface area contributed by atoms with Crippen LogP contribution in [0.5, 0.6) is 5.88 Å². The van der Waals surface area contributed by atoms with Gasteiger partial charge >= 0.3 is 0 Å². The van der Waals surface area contributed by atoms with E-state index in [4.69, 9.17) is 4.74 Å². The molecule has 1 aromatic carbocycles. The van der Waals surface area contributed by atoms with Gasteiger partial charge in [0.05, 0.1) is 0 Å². The highest BCUT2D eigenvalue weighted by atomic mass is 16.5. The molecular formula is C21H21N3O3. The zero-order valence-corrected chi connectivity index (χ0v) is 15.3. The van der Waals surface area contributed by atoms with E-state index in [0.717, 1.165) is 11.1 Å². The Labute approximate surface area is 157 Å². The summed E-state index contributed by atoms with van der Waals surface area (Å²) in [4.78, 5) is 28.2. The molecule has 3 aromatic rings. The summed E-state index contributed by atoms with van der Waals surface area (Å²) >= 11 is 0. The number of aryl methyl sites for hydroxylation is 1. The van der Waals surface area contributed by atoms with E-state index in [-0.39, 0.29) is 18.2 Å². The van der Waals surface area contributed by atoms with E-state index in [1.54, 1.807) is 36.1 Å². The van der Waals surface area contributed by atoms with Gasteiger partial charge in [0.25, 0.3) is 5.91 Å². The summed E-state index contributed by atoms with van der Waals surface area (Å²) in [5.41, 5.74) is 2.76. The number of carbonyl (C=O) groups excluding carboxylic acids is 2. The largest absolute Gasteiger partial charge is 0.473 e. The number of hydrogen-bond acceptors (Lipinski definition) is 4. The smallest absolute Gasteiger partial charge is 0.268 e. The van der Waals surface area contributed by atoms with Crippen LogP contribution in [0, 0.1) is 0 Å². The SMILES string of the molecule is CC(=O)c1cc(C(=O)NCc2cccnc2OCc2ccccc2)n(C)c1. The fraction of sp³-hybridized carbons (Fsp3) is 0.190. The molecule has 1 amide bonds. The molecule has 0 radical (unpaired) electrons. The maximum atomic E-state index is 12.5. The van der Waals surface area contributed by atoms with E-state index in [1.807, 2.05) is 36.4 Å². The number of amides is 1. The average Bonchev–Trinajstić information content (AvgIpc) is 3.08. The molecule has 138 valence electrons. The van der Waals surface area contributed by atoms with Gasteiger partial charge in [0.1, 0.15) is 12.3 Å². The lowest BCUT2D eigenvalue weighted by Gasteiger charge is -2.11. The number of Topliss-reactive ketones (excluding diaryl/α,β-unsaturated/α-hetero) is 1. The number of benzene rings is 1. The monoisotopic (exact) mass is 363 g/mol. The highest BCUT2D eigenvalue weighted by molar-refractivity contribution is 5.99. The van der Waals surface area contributed by atoms with E-state index < -0.39 is 0 Å². The summed E-state index contributed by atoms with van der Waals surface area (Å²) in [5.74, 6) is 0.148. The number of rotatable bonds is 7. The van der Waals surface area contributed by atoms with Crippen LogP contribution in [0.15, 0.2) is 60.9 Å². The van der Waals surface area contributed by atoms with Crippen molar-refractivity contribution in [3.63, 3.8) is 0 Å². The van der Waals surface area contributed by atoms with Crippen molar-refractivity contribution in [3.05, 3.63) is 83.3 Å². The normalized spacial score (nSPS) is 10.4. The Morgan fingerprint density at radius 1 is 1.15 bits per heavy atom. The molecule has 0 aliphatic rings. The van der Waals surface area contributed by atoms with E-state index in [9.17, 15) is 9.59 Å². The number of pyridine rings is 1. The second-order valence-electron chi connectivity index (χ2n) is 6.21. The van der Waals surface area contributed by atoms with Crippen LogP contribution in [0.25, 0.3) is 0 Å². The summed E-state index contributed by atoms with van der Waals surface area (Å²) in [5, 5.41) is 2.86. The summed E-state index contributed by atoms with van der Waals surface area (Å²) in [6, 6.07) is 15.1. The van der Waals surface area contributed by atoms with Crippen molar-refractivity contribution in [2.75, 3.05) is 0 Å². The van der Waals surface area contributed by atoms with E-state index in [2.05, 4.69) is 10.3 Å². The van der Waals surface area contributed by atoms with Crippen molar-refractivity contribution in [1.29, 1.82) is 0 Å². The predicted octanol–water partition coefficient (Wildman–Crippen LogP) is 3.13. The van der Waals surface area contributed by atoms with Crippen LogP contribution in [-0.4, -0.2) is 21.2 Å². The first kappa shape index (κ1) is 18.4. The van der Waals surface area contributed by atoms with Gasteiger partial charge in [0.15, 0.2) is 5.78 Å². The Hall–Kier alpha value is -3.41. The van der Waals surface area contributed by atoms with Crippen LogP contribution in [-0.2, 0) is 20.2 Å². The van der Waals surface area contributed by atoms with Crippen LogP contribution in [0.4, 0.5) is 0 Å². The number of nitrogens with zero attached hydrogens (tertiary/aromatic N) is 2. The van der Waals surface area contributed by atoms with Crippen molar-refractivity contribution in [1.82, 2.24) is 14.9 Å². The molecule has 3 rings (SSSR count). The molecule has 0 atom stereocenters. The predicted molar refractivity (Wildman–Crippen MR) is 102 cm³/mol. The average molecular weight is 363 g/mol. The van der Waals surface area contributed by atoms with Crippen molar-refractivity contribution < 1.29 is 14.3 Å². The van der Waals surface area contributed by atoms with Gasteiger partial charge in [-0.1, -0.05) is 36.4 Å². The second-order valence-corrected chi connectivity index (χ2v) is 6.21. The Kier molecular flexibility index (Phi) is 5.66. The van der Waals surface area contributed by atoms with E-state index in [1.165, 1.54) is 6.92 Å².